The van der Waals surface area contributed by atoms with Gasteiger partial charge >= 0.3 is 5.97 Å². The SMILES string of the molecule is COC(=O)Cc1ccccc1CN1CC[C@H](N)C1. The van der Waals surface area contributed by atoms with Gasteiger partial charge in [0.05, 0.1) is 13.5 Å². The van der Waals surface area contributed by atoms with Crippen LogP contribution in [0.15, 0.2) is 24.3 Å². The number of esters is 1. The maximum atomic E-state index is 11.4. The number of ether oxygens (including phenoxy) is 1. The van der Waals surface area contributed by atoms with Crippen molar-refractivity contribution in [1.82, 2.24) is 4.90 Å². The maximum absolute atomic E-state index is 11.4. The van der Waals surface area contributed by atoms with Crippen LogP contribution >= 0.6 is 0 Å². The molecule has 0 aliphatic carbocycles. The molecule has 4 heteroatoms. The highest BCUT2D eigenvalue weighted by Gasteiger charge is 2.20. The first-order valence-electron chi connectivity index (χ1n) is 6.30. The minimum atomic E-state index is -0.194. The van der Waals surface area contributed by atoms with Crippen molar-refractivity contribution in [3.05, 3.63) is 35.4 Å². The van der Waals surface area contributed by atoms with Crippen LogP contribution in [0.4, 0.5) is 0 Å². The standard InChI is InChI=1S/C14H20N2O2/c1-18-14(17)8-11-4-2-3-5-12(11)9-16-7-6-13(15)10-16/h2-5,13H,6-10,15H2,1H3/t13-/m0/s1. The molecule has 2 rings (SSSR count). The van der Waals surface area contributed by atoms with Crippen molar-refractivity contribution in [2.45, 2.75) is 25.4 Å². The Morgan fingerprint density at radius 1 is 1.44 bits per heavy atom. The average molecular weight is 248 g/mol. The Labute approximate surface area is 108 Å². The van der Waals surface area contributed by atoms with Gasteiger partial charge < -0.3 is 10.5 Å². The van der Waals surface area contributed by atoms with Crippen molar-refractivity contribution < 1.29 is 9.53 Å². The number of benzene rings is 1. The van der Waals surface area contributed by atoms with Crippen LogP contribution in [-0.4, -0.2) is 37.1 Å². The lowest BCUT2D eigenvalue weighted by molar-refractivity contribution is -0.139. The summed E-state index contributed by atoms with van der Waals surface area (Å²) < 4.78 is 4.72. The molecule has 0 aromatic heterocycles. The molecule has 0 amide bonds. The number of hydrogen-bond donors (Lipinski definition) is 1. The van der Waals surface area contributed by atoms with E-state index < -0.39 is 0 Å². The summed E-state index contributed by atoms with van der Waals surface area (Å²) in [4.78, 5) is 13.7. The van der Waals surface area contributed by atoms with Gasteiger partial charge in [0.15, 0.2) is 0 Å². The van der Waals surface area contributed by atoms with Gasteiger partial charge in [0.25, 0.3) is 0 Å². The smallest absolute Gasteiger partial charge is 0.309 e. The first-order valence-corrected chi connectivity index (χ1v) is 6.30. The van der Waals surface area contributed by atoms with E-state index in [0.717, 1.165) is 31.6 Å². The highest BCUT2D eigenvalue weighted by molar-refractivity contribution is 5.72. The lowest BCUT2D eigenvalue weighted by atomic mass is 10.0. The monoisotopic (exact) mass is 248 g/mol. The Morgan fingerprint density at radius 3 is 2.78 bits per heavy atom. The number of carbonyl (C=O) groups excluding carboxylic acids is 1. The topological polar surface area (TPSA) is 55.6 Å². The molecule has 0 saturated carbocycles. The Morgan fingerprint density at radius 2 is 2.17 bits per heavy atom. The number of nitrogens with zero attached hydrogens (tertiary/aromatic N) is 1. The van der Waals surface area contributed by atoms with Gasteiger partial charge in [0, 0.05) is 25.7 Å². The van der Waals surface area contributed by atoms with Crippen LogP contribution in [0.1, 0.15) is 17.5 Å². The second-order valence-corrected chi connectivity index (χ2v) is 4.81. The summed E-state index contributed by atoms with van der Waals surface area (Å²) in [5.41, 5.74) is 8.14. The minimum Gasteiger partial charge on any atom is -0.469 e. The molecule has 0 spiro atoms. The molecule has 1 aliphatic rings. The molecule has 1 aliphatic heterocycles. The minimum absolute atomic E-state index is 0.194. The fourth-order valence-corrected chi connectivity index (χ4v) is 2.36. The van der Waals surface area contributed by atoms with Gasteiger partial charge in [-0.25, -0.2) is 0 Å². The highest BCUT2D eigenvalue weighted by atomic mass is 16.5. The third kappa shape index (κ3) is 3.31. The van der Waals surface area contributed by atoms with E-state index in [4.69, 9.17) is 10.5 Å². The van der Waals surface area contributed by atoms with Crippen LogP contribution in [0.3, 0.4) is 0 Å². The zero-order valence-corrected chi connectivity index (χ0v) is 10.8. The Kier molecular flexibility index (Phi) is 4.33. The number of hydrogen-bond acceptors (Lipinski definition) is 4. The Balaban J connectivity index is 2.05. The molecule has 18 heavy (non-hydrogen) atoms. The summed E-state index contributed by atoms with van der Waals surface area (Å²) in [5.74, 6) is -0.194. The molecule has 1 heterocycles. The first kappa shape index (κ1) is 13.1. The maximum Gasteiger partial charge on any atom is 0.309 e. The number of nitrogens with two attached hydrogens (primary N) is 1. The third-order valence-corrected chi connectivity index (χ3v) is 3.38. The lowest BCUT2D eigenvalue weighted by Gasteiger charge is -2.17. The number of likely N-dealkylation sites (tertiary alicyclic amines) is 1. The van der Waals surface area contributed by atoms with Crippen LogP contribution in [0.5, 0.6) is 0 Å². The molecule has 98 valence electrons. The van der Waals surface area contributed by atoms with Gasteiger partial charge in [-0.15, -0.1) is 0 Å². The van der Waals surface area contributed by atoms with Gasteiger partial charge in [-0.2, -0.15) is 0 Å². The zero-order valence-electron chi connectivity index (χ0n) is 10.8. The van der Waals surface area contributed by atoms with Gasteiger partial charge in [0.1, 0.15) is 0 Å². The molecule has 4 nitrogen and oxygen atoms in total. The van der Waals surface area contributed by atoms with Crippen LogP contribution in [0.2, 0.25) is 0 Å². The largest absolute Gasteiger partial charge is 0.469 e. The van der Waals surface area contributed by atoms with Crippen LogP contribution in [0.25, 0.3) is 0 Å². The van der Waals surface area contributed by atoms with Gasteiger partial charge in [-0.05, 0) is 17.5 Å². The molecule has 0 radical (unpaired) electrons. The summed E-state index contributed by atoms with van der Waals surface area (Å²) in [7, 11) is 1.42. The van der Waals surface area contributed by atoms with E-state index in [2.05, 4.69) is 11.0 Å². The Hall–Kier alpha value is -1.39. The highest BCUT2D eigenvalue weighted by Crippen LogP contribution is 2.16. The summed E-state index contributed by atoms with van der Waals surface area (Å²) in [6.45, 7) is 2.83. The molecule has 1 fully saturated rings. The second-order valence-electron chi connectivity index (χ2n) is 4.81. The summed E-state index contributed by atoms with van der Waals surface area (Å²) in [6, 6.07) is 8.31. The van der Waals surface area contributed by atoms with Crippen molar-refractivity contribution in [1.29, 1.82) is 0 Å². The average Bonchev–Trinajstić information content (AvgIpc) is 2.77. The van der Waals surface area contributed by atoms with Crippen molar-refractivity contribution in [3.8, 4) is 0 Å². The van der Waals surface area contributed by atoms with Crippen molar-refractivity contribution in [3.63, 3.8) is 0 Å². The van der Waals surface area contributed by atoms with Crippen LogP contribution in [0, 0.1) is 0 Å². The van der Waals surface area contributed by atoms with E-state index in [0.29, 0.717) is 6.42 Å². The van der Waals surface area contributed by atoms with Gasteiger partial charge in [0.2, 0.25) is 0 Å². The number of rotatable bonds is 4. The molecule has 1 aromatic rings. The molecule has 1 atom stereocenters. The van der Waals surface area contributed by atoms with Crippen molar-refractivity contribution in [2.75, 3.05) is 20.2 Å². The zero-order chi connectivity index (χ0) is 13.0. The predicted molar refractivity (Wildman–Crippen MR) is 70.0 cm³/mol. The molecule has 0 bridgehead atoms. The number of carbonyl (C=O) groups is 1. The van der Waals surface area contributed by atoms with Gasteiger partial charge in [-0.1, -0.05) is 24.3 Å². The van der Waals surface area contributed by atoms with E-state index in [1.807, 2.05) is 18.2 Å². The second kappa shape index (κ2) is 5.98. The first-order chi connectivity index (χ1) is 8.69. The molecular weight excluding hydrogens is 228 g/mol. The third-order valence-electron chi connectivity index (χ3n) is 3.38. The molecule has 1 saturated heterocycles. The van der Waals surface area contributed by atoms with E-state index >= 15 is 0 Å². The van der Waals surface area contributed by atoms with Crippen molar-refractivity contribution >= 4 is 5.97 Å². The summed E-state index contributed by atoms with van der Waals surface area (Å²) in [6.07, 6.45) is 1.39. The fraction of sp³-hybridized carbons (Fsp3) is 0.500. The van der Waals surface area contributed by atoms with Gasteiger partial charge in [-0.3, -0.25) is 9.69 Å². The molecule has 2 N–H and O–H groups in total. The van der Waals surface area contributed by atoms with E-state index in [-0.39, 0.29) is 12.0 Å². The summed E-state index contributed by atoms with van der Waals surface area (Å²) >= 11 is 0. The Bertz CT molecular complexity index is 420. The predicted octanol–water partition coefficient (Wildman–Crippen LogP) is 0.935. The van der Waals surface area contributed by atoms with Crippen LogP contribution in [-0.2, 0) is 22.5 Å². The quantitative estimate of drug-likeness (QED) is 0.806. The summed E-state index contributed by atoms with van der Waals surface area (Å²) in [5, 5.41) is 0. The van der Waals surface area contributed by atoms with Crippen molar-refractivity contribution in [2.24, 2.45) is 5.73 Å². The van der Waals surface area contributed by atoms with E-state index in [9.17, 15) is 4.79 Å². The van der Waals surface area contributed by atoms with E-state index in [1.165, 1.54) is 12.7 Å². The normalized spacial score (nSPS) is 20.0. The fourth-order valence-electron chi connectivity index (χ4n) is 2.36. The molecule has 1 aromatic carbocycles. The molecular formula is C14H20N2O2. The van der Waals surface area contributed by atoms with E-state index in [1.54, 1.807) is 0 Å². The number of methoxy groups -OCH3 is 1. The van der Waals surface area contributed by atoms with Crippen LogP contribution < -0.4 is 5.73 Å². The molecule has 0 unspecified atom stereocenters. The lowest BCUT2D eigenvalue weighted by Crippen LogP contribution is -2.26.